The van der Waals surface area contributed by atoms with E-state index in [-0.39, 0.29) is 11.6 Å². The van der Waals surface area contributed by atoms with Gasteiger partial charge in [-0.25, -0.2) is 0 Å². The highest BCUT2D eigenvalue weighted by molar-refractivity contribution is 6.01. The first-order valence-electron chi connectivity index (χ1n) is 13.9. The Labute approximate surface area is 239 Å². The number of anilines is 2. The number of fused-ring (bicyclic) bond motifs is 1. The van der Waals surface area contributed by atoms with Gasteiger partial charge in [0.2, 0.25) is 5.91 Å². The smallest absolute Gasteiger partial charge is 0.270 e. The fourth-order valence-electron chi connectivity index (χ4n) is 5.28. The van der Waals surface area contributed by atoms with Crippen molar-refractivity contribution in [2.24, 2.45) is 0 Å². The second-order valence-corrected chi connectivity index (χ2v) is 10.3. The van der Waals surface area contributed by atoms with E-state index >= 15 is 0 Å². The fourth-order valence-corrected chi connectivity index (χ4v) is 5.28. The third kappa shape index (κ3) is 6.53. The average Bonchev–Trinajstić information content (AvgIpc) is 3.16. The fraction of sp³-hybridized carbons (Fsp3) is 0.250. The molecule has 41 heavy (non-hydrogen) atoms. The van der Waals surface area contributed by atoms with E-state index in [0.717, 1.165) is 49.5 Å². The number of piperazine rings is 1. The van der Waals surface area contributed by atoms with Gasteiger partial charge in [0.05, 0.1) is 0 Å². The van der Waals surface area contributed by atoms with E-state index in [1.165, 1.54) is 11.9 Å². The molecule has 2 N–H and O–H groups in total. The number of nitrogens with zero attached hydrogens (tertiary/aromatic N) is 4. The van der Waals surface area contributed by atoms with Crippen LogP contribution in [0.15, 0.2) is 91.4 Å². The number of pyridine rings is 2. The molecule has 6 rings (SSSR count). The monoisotopic (exact) mass is 548 g/mol. The Balaban J connectivity index is 1.05. The molecule has 4 heterocycles. The molecule has 2 aliphatic rings. The van der Waals surface area contributed by atoms with Crippen molar-refractivity contribution in [3.05, 3.63) is 108 Å². The van der Waals surface area contributed by atoms with Gasteiger partial charge in [0.25, 0.3) is 5.91 Å². The summed E-state index contributed by atoms with van der Waals surface area (Å²) in [5.74, 6) is 0.524. The molecule has 208 valence electrons. The number of aryl methyl sites for hydroxylation is 1. The van der Waals surface area contributed by atoms with Crippen LogP contribution in [0.1, 0.15) is 28.0 Å². The maximum atomic E-state index is 13.1. The first-order valence-corrected chi connectivity index (χ1v) is 13.9. The third-order valence-electron chi connectivity index (χ3n) is 7.51. The third-order valence-corrected chi connectivity index (χ3v) is 7.51. The largest absolute Gasteiger partial charge is 0.457 e. The molecule has 9 heteroatoms. The molecule has 1 unspecified atom stereocenters. The van der Waals surface area contributed by atoms with E-state index in [9.17, 15) is 9.59 Å². The summed E-state index contributed by atoms with van der Waals surface area (Å²) in [6.45, 7) is 4.67. The van der Waals surface area contributed by atoms with E-state index in [0.29, 0.717) is 24.3 Å². The van der Waals surface area contributed by atoms with Crippen LogP contribution < -0.4 is 20.3 Å². The maximum Gasteiger partial charge on any atom is 0.270 e. The van der Waals surface area contributed by atoms with Crippen LogP contribution in [0.3, 0.4) is 0 Å². The summed E-state index contributed by atoms with van der Waals surface area (Å²) in [6, 6.07) is 22.3. The molecule has 9 nitrogen and oxygen atoms in total. The quantitative estimate of drug-likeness (QED) is 0.356. The number of ether oxygens (including phenoxy) is 1. The molecule has 0 bridgehead atoms. The van der Waals surface area contributed by atoms with Crippen molar-refractivity contribution < 1.29 is 14.3 Å². The lowest BCUT2D eigenvalue weighted by atomic mass is 10.0. The van der Waals surface area contributed by atoms with E-state index in [1.807, 2.05) is 42.7 Å². The number of hydrogen-bond acceptors (Lipinski definition) is 7. The lowest BCUT2D eigenvalue weighted by Gasteiger charge is -2.36. The molecule has 1 saturated heterocycles. The minimum Gasteiger partial charge on any atom is -0.457 e. The Hall–Kier alpha value is -4.76. The predicted octanol–water partition coefficient (Wildman–Crippen LogP) is 4.27. The molecule has 2 amide bonds. The van der Waals surface area contributed by atoms with Gasteiger partial charge in [-0.1, -0.05) is 30.3 Å². The zero-order chi connectivity index (χ0) is 28.0. The molecular formula is C32H32N6O3. The van der Waals surface area contributed by atoms with E-state index in [4.69, 9.17) is 4.74 Å². The van der Waals surface area contributed by atoms with Gasteiger partial charge in [0.1, 0.15) is 23.2 Å². The second kappa shape index (κ2) is 12.2. The van der Waals surface area contributed by atoms with Crippen LogP contribution >= 0.6 is 0 Å². The van der Waals surface area contributed by atoms with E-state index in [2.05, 4.69) is 60.7 Å². The second-order valence-electron chi connectivity index (χ2n) is 10.3. The molecule has 2 aromatic carbocycles. The topological polar surface area (TPSA) is 99.7 Å². The lowest BCUT2D eigenvalue weighted by Crippen LogP contribution is -2.46. The number of hydrogen-bond donors (Lipinski definition) is 2. The highest BCUT2D eigenvalue weighted by Crippen LogP contribution is 2.26. The molecule has 2 aromatic heterocycles. The van der Waals surface area contributed by atoms with Gasteiger partial charge < -0.3 is 20.3 Å². The molecule has 4 aromatic rings. The molecule has 1 fully saturated rings. The average molecular weight is 549 g/mol. The van der Waals surface area contributed by atoms with Crippen LogP contribution in [0.25, 0.3) is 0 Å². The van der Waals surface area contributed by atoms with E-state index in [1.54, 1.807) is 12.1 Å². The molecule has 0 aliphatic carbocycles. The Kier molecular flexibility index (Phi) is 7.86. The summed E-state index contributed by atoms with van der Waals surface area (Å²) in [7, 11) is 0. The predicted molar refractivity (Wildman–Crippen MR) is 157 cm³/mol. The number of benzene rings is 2. The van der Waals surface area contributed by atoms with Gasteiger partial charge in [-0.15, -0.1) is 0 Å². The van der Waals surface area contributed by atoms with Crippen LogP contribution in [-0.2, 0) is 17.8 Å². The number of aromatic nitrogens is 2. The van der Waals surface area contributed by atoms with Crippen LogP contribution in [0.2, 0.25) is 0 Å². The Morgan fingerprint density at radius 3 is 2.54 bits per heavy atom. The van der Waals surface area contributed by atoms with Crippen molar-refractivity contribution in [1.29, 1.82) is 0 Å². The summed E-state index contributed by atoms with van der Waals surface area (Å²) < 4.78 is 5.83. The molecule has 1 atom stereocenters. The van der Waals surface area contributed by atoms with Crippen LogP contribution in [0, 0.1) is 0 Å². The summed E-state index contributed by atoms with van der Waals surface area (Å²) >= 11 is 0. The number of nitrogens with one attached hydrogen (secondary N) is 2. The standard InChI is InChI=1S/C32H32N6O3/c39-31-28(35-32(40)30-21-27(12-15-34-30)41-26-4-2-1-3-5-26)9-8-24-7-6-23(20-29(24)36-31)22-37-16-18-38(19-17-37)25-10-13-33-14-11-25/h1-7,10-15,20-21,28H,8-9,16-19,22H2,(H,35,40)(H,36,39). The number of carbonyl (C=O) groups is 2. The van der Waals surface area contributed by atoms with Crippen molar-refractivity contribution in [3.63, 3.8) is 0 Å². The van der Waals surface area contributed by atoms with Crippen LogP contribution in [0.4, 0.5) is 11.4 Å². The Bertz CT molecular complexity index is 1510. The summed E-state index contributed by atoms with van der Waals surface area (Å²) in [4.78, 5) is 39.3. The summed E-state index contributed by atoms with van der Waals surface area (Å²) in [5, 5.41) is 5.91. The molecule has 2 aliphatic heterocycles. The molecule has 0 saturated carbocycles. The first-order chi connectivity index (χ1) is 20.1. The molecule has 0 spiro atoms. The molecule has 0 radical (unpaired) electrons. The van der Waals surface area contributed by atoms with Gasteiger partial charge >= 0.3 is 0 Å². The number of amides is 2. The van der Waals surface area contributed by atoms with Crippen molar-refractivity contribution in [3.8, 4) is 11.5 Å². The van der Waals surface area contributed by atoms with Crippen molar-refractivity contribution in [2.75, 3.05) is 36.4 Å². The zero-order valence-electron chi connectivity index (χ0n) is 22.7. The Morgan fingerprint density at radius 1 is 0.927 bits per heavy atom. The van der Waals surface area contributed by atoms with Gasteiger partial charge in [-0.05, 0) is 60.4 Å². The van der Waals surface area contributed by atoms with Gasteiger partial charge in [0, 0.05) is 68.8 Å². The van der Waals surface area contributed by atoms with Gasteiger partial charge in [0.15, 0.2) is 0 Å². The molecular weight excluding hydrogens is 516 g/mol. The zero-order valence-corrected chi connectivity index (χ0v) is 22.7. The van der Waals surface area contributed by atoms with Crippen LogP contribution in [-0.4, -0.2) is 58.9 Å². The maximum absolute atomic E-state index is 13.1. The first kappa shape index (κ1) is 26.5. The van der Waals surface area contributed by atoms with Gasteiger partial charge in [-0.3, -0.25) is 24.5 Å². The van der Waals surface area contributed by atoms with E-state index < -0.39 is 11.9 Å². The van der Waals surface area contributed by atoms with Crippen molar-refractivity contribution in [2.45, 2.75) is 25.4 Å². The van der Waals surface area contributed by atoms with Crippen molar-refractivity contribution >= 4 is 23.2 Å². The highest BCUT2D eigenvalue weighted by Gasteiger charge is 2.26. The van der Waals surface area contributed by atoms with Gasteiger partial charge in [-0.2, -0.15) is 0 Å². The van der Waals surface area contributed by atoms with Crippen LogP contribution in [0.5, 0.6) is 11.5 Å². The normalized spacial score (nSPS) is 17.2. The number of para-hydroxylation sites is 1. The summed E-state index contributed by atoms with van der Waals surface area (Å²) in [6.07, 6.45) is 6.36. The highest BCUT2D eigenvalue weighted by atomic mass is 16.5. The number of carbonyl (C=O) groups excluding carboxylic acids is 2. The minimum absolute atomic E-state index is 0.194. The lowest BCUT2D eigenvalue weighted by molar-refractivity contribution is -0.118. The van der Waals surface area contributed by atoms with Crippen molar-refractivity contribution in [1.82, 2.24) is 20.2 Å². The SMILES string of the molecule is O=C(NC1CCc2ccc(CN3CCN(c4ccncc4)CC3)cc2NC1=O)c1cc(Oc2ccccc2)ccn1. The Morgan fingerprint density at radius 2 is 1.73 bits per heavy atom. The summed E-state index contributed by atoms with van der Waals surface area (Å²) in [5.41, 5.74) is 4.44. The minimum atomic E-state index is -0.667. The number of rotatable bonds is 7.